The molecule has 2 aromatic rings. The van der Waals surface area contributed by atoms with Crippen LogP contribution in [0.5, 0.6) is 5.75 Å². The van der Waals surface area contributed by atoms with Crippen LogP contribution in [0, 0.1) is 17.2 Å². The van der Waals surface area contributed by atoms with Gasteiger partial charge in [-0.15, -0.1) is 0 Å². The van der Waals surface area contributed by atoms with Crippen LogP contribution in [0.25, 0.3) is 0 Å². The molecule has 1 atom stereocenters. The molecule has 10 heteroatoms. The van der Waals surface area contributed by atoms with Crippen LogP contribution in [0.2, 0.25) is 0 Å². The van der Waals surface area contributed by atoms with Crippen molar-refractivity contribution in [2.24, 2.45) is 5.92 Å². The maximum Gasteiger partial charge on any atom is 0.324 e. The molecule has 0 saturated heterocycles. The predicted octanol–water partition coefficient (Wildman–Crippen LogP) is 2.25. The zero-order valence-electron chi connectivity index (χ0n) is 18.0. The number of amides is 1. The number of hydrogen-bond acceptors (Lipinski definition) is 7. The SMILES string of the molecule is COc1ccc(S(=O)(=O)NC(C(=O)OCC(=O)Nc2ccc(CC#N)cc2)C(C)C)cc1. The summed E-state index contributed by atoms with van der Waals surface area (Å²) in [5.74, 6) is -1.37. The Kier molecular flexibility index (Phi) is 8.75. The van der Waals surface area contributed by atoms with Gasteiger partial charge in [0.15, 0.2) is 6.61 Å². The van der Waals surface area contributed by atoms with Crippen molar-refractivity contribution >= 4 is 27.6 Å². The number of ether oxygens (including phenoxy) is 2. The van der Waals surface area contributed by atoms with E-state index >= 15 is 0 Å². The van der Waals surface area contributed by atoms with Gasteiger partial charge in [-0.1, -0.05) is 26.0 Å². The van der Waals surface area contributed by atoms with Crippen LogP contribution in [-0.2, 0) is 30.8 Å². The highest BCUT2D eigenvalue weighted by Crippen LogP contribution is 2.17. The second-order valence-electron chi connectivity index (χ2n) is 7.21. The van der Waals surface area contributed by atoms with Gasteiger partial charge in [-0.25, -0.2) is 8.42 Å². The molecule has 32 heavy (non-hydrogen) atoms. The zero-order chi connectivity index (χ0) is 23.7. The fourth-order valence-corrected chi connectivity index (χ4v) is 4.00. The highest BCUT2D eigenvalue weighted by Gasteiger charge is 2.30. The highest BCUT2D eigenvalue weighted by molar-refractivity contribution is 7.89. The van der Waals surface area contributed by atoms with Crippen molar-refractivity contribution in [3.8, 4) is 11.8 Å². The molecular weight excluding hydrogens is 434 g/mol. The van der Waals surface area contributed by atoms with Crippen molar-refractivity contribution in [3.05, 3.63) is 54.1 Å². The van der Waals surface area contributed by atoms with E-state index in [4.69, 9.17) is 14.7 Å². The summed E-state index contributed by atoms with van der Waals surface area (Å²) < 4.78 is 37.7. The van der Waals surface area contributed by atoms with Crippen LogP contribution >= 0.6 is 0 Å². The number of nitriles is 1. The lowest BCUT2D eigenvalue weighted by Gasteiger charge is -2.20. The molecule has 1 unspecified atom stereocenters. The van der Waals surface area contributed by atoms with E-state index in [1.54, 1.807) is 38.1 Å². The quantitative estimate of drug-likeness (QED) is 0.520. The number of esters is 1. The number of benzene rings is 2. The lowest BCUT2D eigenvalue weighted by molar-refractivity contribution is -0.150. The van der Waals surface area contributed by atoms with Crippen molar-refractivity contribution in [3.63, 3.8) is 0 Å². The summed E-state index contributed by atoms with van der Waals surface area (Å²) in [6, 6.07) is 13.2. The average Bonchev–Trinajstić information content (AvgIpc) is 2.77. The molecule has 2 N–H and O–H groups in total. The van der Waals surface area contributed by atoms with Crippen LogP contribution in [0.3, 0.4) is 0 Å². The van der Waals surface area contributed by atoms with E-state index in [9.17, 15) is 18.0 Å². The summed E-state index contributed by atoms with van der Waals surface area (Å²) in [6.45, 7) is 2.74. The van der Waals surface area contributed by atoms with Gasteiger partial charge in [-0.05, 0) is 47.9 Å². The van der Waals surface area contributed by atoms with E-state index in [0.29, 0.717) is 11.4 Å². The van der Waals surface area contributed by atoms with Gasteiger partial charge in [0.1, 0.15) is 11.8 Å². The van der Waals surface area contributed by atoms with Gasteiger partial charge < -0.3 is 14.8 Å². The summed E-state index contributed by atoms with van der Waals surface area (Å²) in [4.78, 5) is 24.6. The fraction of sp³-hybridized carbons (Fsp3) is 0.318. The zero-order valence-corrected chi connectivity index (χ0v) is 18.8. The standard InChI is InChI=1S/C22H25N3O6S/c1-15(2)21(25-32(28,29)19-10-8-18(30-3)9-11-19)22(27)31-14-20(26)24-17-6-4-16(5-7-17)12-13-23/h4-11,15,21,25H,12,14H2,1-3H3,(H,24,26). The molecule has 0 bridgehead atoms. The third kappa shape index (κ3) is 7.08. The predicted molar refractivity (Wildman–Crippen MR) is 117 cm³/mol. The van der Waals surface area contributed by atoms with Crippen molar-refractivity contribution in [2.75, 3.05) is 19.0 Å². The third-order valence-electron chi connectivity index (χ3n) is 4.44. The molecular formula is C22H25N3O6S. The largest absolute Gasteiger partial charge is 0.497 e. The Morgan fingerprint density at radius 2 is 1.69 bits per heavy atom. The van der Waals surface area contributed by atoms with E-state index in [1.165, 1.54) is 31.4 Å². The summed E-state index contributed by atoms with van der Waals surface area (Å²) in [5.41, 5.74) is 1.29. The molecule has 170 valence electrons. The smallest absolute Gasteiger partial charge is 0.324 e. The van der Waals surface area contributed by atoms with Crippen LogP contribution < -0.4 is 14.8 Å². The van der Waals surface area contributed by atoms with Gasteiger partial charge in [-0.2, -0.15) is 9.98 Å². The second kappa shape index (κ2) is 11.3. The Labute approximate surface area is 187 Å². The molecule has 1 amide bonds. The Bertz CT molecular complexity index is 1070. The first-order valence-electron chi connectivity index (χ1n) is 9.75. The Morgan fingerprint density at radius 3 is 2.22 bits per heavy atom. The Morgan fingerprint density at radius 1 is 1.06 bits per heavy atom. The number of methoxy groups -OCH3 is 1. The molecule has 0 aliphatic rings. The average molecular weight is 460 g/mol. The van der Waals surface area contributed by atoms with E-state index < -0.39 is 40.5 Å². The van der Waals surface area contributed by atoms with E-state index in [1.807, 2.05) is 6.07 Å². The van der Waals surface area contributed by atoms with Crippen molar-refractivity contribution in [1.82, 2.24) is 4.72 Å². The van der Waals surface area contributed by atoms with Crippen LogP contribution in [-0.4, -0.2) is 40.1 Å². The first kappa shape index (κ1) is 24.8. The normalized spacial score (nSPS) is 12.0. The molecule has 0 spiro atoms. The number of hydrogen-bond donors (Lipinski definition) is 2. The van der Waals surface area contributed by atoms with Gasteiger partial charge in [0.05, 0.1) is 24.5 Å². The number of carbonyl (C=O) groups excluding carboxylic acids is 2. The number of sulfonamides is 1. The van der Waals surface area contributed by atoms with E-state index in [0.717, 1.165) is 5.56 Å². The molecule has 0 heterocycles. The Hall–Kier alpha value is -3.42. The van der Waals surface area contributed by atoms with Crippen LogP contribution in [0.15, 0.2) is 53.4 Å². The molecule has 0 fully saturated rings. The molecule has 0 aliphatic carbocycles. The van der Waals surface area contributed by atoms with E-state index in [-0.39, 0.29) is 11.3 Å². The molecule has 0 aromatic heterocycles. The van der Waals surface area contributed by atoms with Crippen LogP contribution in [0.4, 0.5) is 5.69 Å². The van der Waals surface area contributed by atoms with Crippen LogP contribution in [0.1, 0.15) is 19.4 Å². The maximum atomic E-state index is 12.6. The maximum absolute atomic E-state index is 12.6. The summed E-state index contributed by atoms with van der Waals surface area (Å²) in [5, 5.41) is 11.3. The first-order valence-corrected chi connectivity index (χ1v) is 11.2. The molecule has 9 nitrogen and oxygen atoms in total. The van der Waals surface area contributed by atoms with Gasteiger partial charge in [0, 0.05) is 5.69 Å². The first-order chi connectivity index (χ1) is 15.2. The minimum atomic E-state index is -4.00. The van der Waals surface area contributed by atoms with Crippen molar-refractivity contribution < 1.29 is 27.5 Å². The topological polar surface area (TPSA) is 135 Å². The summed E-state index contributed by atoms with van der Waals surface area (Å²) in [7, 11) is -2.54. The van der Waals surface area contributed by atoms with Crippen molar-refractivity contribution in [1.29, 1.82) is 5.26 Å². The fourth-order valence-electron chi connectivity index (χ4n) is 2.67. The minimum Gasteiger partial charge on any atom is -0.497 e. The second-order valence-corrected chi connectivity index (χ2v) is 8.92. The monoisotopic (exact) mass is 459 g/mol. The van der Waals surface area contributed by atoms with Gasteiger partial charge in [-0.3, -0.25) is 9.59 Å². The number of anilines is 1. The van der Waals surface area contributed by atoms with Gasteiger partial charge in [0.25, 0.3) is 5.91 Å². The molecule has 2 aromatic carbocycles. The van der Waals surface area contributed by atoms with E-state index in [2.05, 4.69) is 10.0 Å². The lowest BCUT2D eigenvalue weighted by atomic mass is 10.1. The van der Waals surface area contributed by atoms with Crippen molar-refractivity contribution in [2.45, 2.75) is 31.2 Å². The number of carbonyl (C=O) groups is 2. The molecule has 0 saturated carbocycles. The van der Waals surface area contributed by atoms with Gasteiger partial charge in [0.2, 0.25) is 10.0 Å². The molecule has 0 radical (unpaired) electrons. The third-order valence-corrected chi connectivity index (χ3v) is 5.90. The molecule has 0 aliphatic heterocycles. The van der Waals surface area contributed by atoms with Gasteiger partial charge >= 0.3 is 5.97 Å². The number of nitrogens with zero attached hydrogens (tertiary/aromatic N) is 1. The number of nitrogens with one attached hydrogen (secondary N) is 2. The summed E-state index contributed by atoms with van der Waals surface area (Å²) in [6.07, 6.45) is 0.259. The Balaban J connectivity index is 1.97. The number of rotatable bonds is 10. The molecule has 2 rings (SSSR count). The minimum absolute atomic E-state index is 0.0330. The lowest BCUT2D eigenvalue weighted by Crippen LogP contribution is -2.45. The summed E-state index contributed by atoms with van der Waals surface area (Å²) >= 11 is 0. The highest BCUT2D eigenvalue weighted by atomic mass is 32.2.